The molecular weight excluding hydrogens is 362 g/mol. The molecule has 4 amide bonds. The molecule has 8 heteroatoms. The quantitative estimate of drug-likeness (QED) is 0.688. The van der Waals surface area contributed by atoms with Crippen molar-refractivity contribution in [2.24, 2.45) is 5.92 Å². The van der Waals surface area contributed by atoms with Crippen molar-refractivity contribution >= 4 is 23.8 Å². The van der Waals surface area contributed by atoms with Crippen LogP contribution in [0, 0.1) is 5.92 Å². The van der Waals surface area contributed by atoms with Crippen LogP contribution in [0.15, 0.2) is 24.3 Å². The number of imide groups is 1. The Morgan fingerprint density at radius 1 is 1.21 bits per heavy atom. The molecule has 28 heavy (non-hydrogen) atoms. The van der Waals surface area contributed by atoms with E-state index < -0.39 is 30.0 Å². The van der Waals surface area contributed by atoms with Gasteiger partial charge in [0, 0.05) is 25.9 Å². The average molecular weight is 387 g/mol. The van der Waals surface area contributed by atoms with Crippen LogP contribution >= 0.6 is 0 Å². The van der Waals surface area contributed by atoms with Crippen LogP contribution in [0.4, 0.5) is 4.79 Å². The van der Waals surface area contributed by atoms with Crippen LogP contribution < -0.4 is 5.32 Å². The molecule has 3 rings (SSSR count). The van der Waals surface area contributed by atoms with Crippen molar-refractivity contribution in [2.75, 3.05) is 6.54 Å². The highest BCUT2D eigenvalue weighted by molar-refractivity contribution is 6.05. The number of hydrogen-bond acceptors (Lipinski definition) is 4. The molecule has 0 saturated carbocycles. The summed E-state index contributed by atoms with van der Waals surface area (Å²) in [5.41, 5.74) is 2.08. The maximum Gasteiger partial charge on any atom is 0.327 e. The molecule has 2 N–H and O–H groups in total. The molecule has 2 aliphatic heterocycles. The molecule has 1 fully saturated rings. The van der Waals surface area contributed by atoms with E-state index in [1.807, 2.05) is 38.1 Å². The Morgan fingerprint density at radius 2 is 1.89 bits per heavy atom. The normalized spacial score (nSPS) is 19.5. The summed E-state index contributed by atoms with van der Waals surface area (Å²) in [5, 5.41) is 11.7. The second-order valence-electron chi connectivity index (χ2n) is 7.73. The first-order valence-electron chi connectivity index (χ1n) is 9.49. The Labute approximate surface area is 163 Å². The van der Waals surface area contributed by atoms with Crippen molar-refractivity contribution < 1.29 is 24.3 Å². The van der Waals surface area contributed by atoms with Gasteiger partial charge in [-0.1, -0.05) is 38.1 Å². The molecule has 0 bridgehead atoms. The monoisotopic (exact) mass is 387 g/mol. The zero-order valence-corrected chi connectivity index (χ0v) is 16.1. The molecule has 1 aromatic rings. The van der Waals surface area contributed by atoms with Crippen LogP contribution in [0.1, 0.15) is 37.8 Å². The van der Waals surface area contributed by atoms with Gasteiger partial charge < -0.3 is 15.3 Å². The van der Waals surface area contributed by atoms with Gasteiger partial charge in [0.2, 0.25) is 5.91 Å². The molecule has 1 saturated heterocycles. The van der Waals surface area contributed by atoms with Gasteiger partial charge in [-0.15, -0.1) is 0 Å². The Hall–Kier alpha value is -2.90. The van der Waals surface area contributed by atoms with Crippen LogP contribution in [0.2, 0.25) is 0 Å². The van der Waals surface area contributed by atoms with E-state index in [0.29, 0.717) is 19.4 Å². The third kappa shape index (κ3) is 4.00. The fraction of sp³-hybridized carbons (Fsp3) is 0.500. The van der Waals surface area contributed by atoms with E-state index in [1.165, 1.54) is 0 Å². The van der Waals surface area contributed by atoms with E-state index in [-0.39, 0.29) is 24.8 Å². The summed E-state index contributed by atoms with van der Waals surface area (Å²) in [6, 6.07) is 5.82. The molecule has 1 aromatic carbocycles. The van der Waals surface area contributed by atoms with E-state index in [9.17, 15) is 24.3 Å². The van der Waals surface area contributed by atoms with Gasteiger partial charge in [0.1, 0.15) is 12.1 Å². The van der Waals surface area contributed by atoms with E-state index in [1.54, 1.807) is 4.90 Å². The lowest BCUT2D eigenvalue weighted by molar-refractivity contribution is -0.142. The molecule has 0 aromatic heterocycles. The van der Waals surface area contributed by atoms with E-state index in [0.717, 1.165) is 16.0 Å². The summed E-state index contributed by atoms with van der Waals surface area (Å²) in [6.07, 6.45) is 0.669. The van der Waals surface area contributed by atoms with Crippen molar-refractivity contribution in [2.45, 2.75) is 51.7 Å². The fourth-order valence-electron chi connectivity index (χ4n) is 3.75. The Bertz CT molecular complexity index is 764. The summed E-state index contributed by atoms with van der Waals surface area (Å²) >= 11 is 0. The van der Waals surface area contributed by atoms with Gasteiger partial charge in [-0.25, -0.2) is 9.59 Å². The first kappa shape index (κ1) is 19.9. The molecule has 0 aliphatic carbocycles. The lowest BCUT2D eigenvalue weighted by Gasteiger charge is -2.28. The molecule has 0 spiro atoms. The van der Waals surface area contributed by atoms with Crippen molar-refractivity contribution in [3.05, 3.63) is 35.4 Å². The van der Waals surface area contributed by atoms with Crippen molar-refractivity contribution in [1.82, 2.24) is 15.1 Å². The molecule has 150 valence electrons. The summed E-state index contributed by atoms with van der Waals surface area (Å²) < 4.78 is 0. The number of nitrogens with zero attached hydrogens (tertiary/aromatic N) is 2. The summed E-state index contributed by atoms with van der Waals surface area (Å²) in [6.45, 7) is 4.07. The highest BCUT2D eigenvalue weighted by Crippen LogP contribution is 2.29. The number of hydrogen-bond donors (Lipinski definition) is 2. The van der Waals surface area contributed by atoms with Gasteiger partial charge in [-0.05, 0) is 23.5 Å². The zero-order valence-electron chi connectivity index (χ0n) is 16.1. The Morgan fingerprint density at radius 3 is 2.54 bits per heavy atom. The largest absolute Gasteiger partial charge is 0.480 e. The SMILES string of the molecule is CC(C)C[C@@H](NC(=O)CCN1C(=O)[C@H]2Cc3ccccc3CN2C1=O)C(=O)O. The predicted octanol–water partition coefficient (Wildman–Crippen LogP) is 1.38. The third-order valence-electron chi connectivity index (χ3n) is 5.18. The molecule has 2 heterocycles. The molecule has 2 atom stereocenters. The van der Waals surface area contributed by atoms with Gasteiger partial charge in [-0.2, -0.15) is 0 Å². The number of rotatable bonds is 7. The summed E-state index contributed by atoms with van der Waals surface area (Å²) in [5.74, 6) is -1.77. The van der Waals surface area contributed by atoms with Crippen LogP contribution in [-0.2, 0) is 27.3 Å². The van der Waals surface area contributed by atoms with Crippen molar-refractivity contribution in [3.63, 3.8) is 0 Å². The van der Waals surface area contributed by atoms with Crippen molar-refractivity contribution in [3.8, 4) is 0 Å². The van der Waals surface area contributed by atoms with Gasteiger partial charge in [0.25, 0.3) is 5.91 Å². The topological polar surface area (TPSA) is 107 Å². The highest BCUT2D eigenvalue weighted by atomic mass is 16.4. The fourth-order valence-corrected chi connectivity index (χ4v) is 3.75. The van der Waals surface area contributed by atoms with E-state index in [4.69, 9.17) is 0 Å². The number of carbonyl (C=O) groups excluding carboxylic acids is 3. The average Bonchev–Trinajstić information content (AvgIpc) is 2.87. The molecule has 8 nitrogen and oxygen atoms in total. The molecular formula is C20H25N3O5. The smallest absolute Gasteiger partial charge is 0.327 e. The minimum atomic E-state index is -1.09. The number of aliphatic carboxylic acids is 1. The standard InChI is InChI=1S/C20H25N3O5/c1-12(2)9-15(19(26)27)21-17(24)7-8-22-18(25)16-10-13-5-3-4-6-14(13)11-23(16)20(22)28/h3-6,12,15-16H,7-11H2,1-2H3,(H,21,24)(H,26,27)/t15-,16-/m1/s1. The number of fused-ring (bicyclic) bond motifs is 2. The van der Waals surface area contributed by atoms with E-state index in [2.05, 4.69) is 5.32 Å². The van der Waals surface area contributed by atoms with Crippen LogP contribution in [0.5, 0.6) is 0 Å². The van der Waals surface area contributed by atoms with Gasteiger partial charge in [0.15, 0.2) is 0 Å². The maximum absolute atomic E-state index is 12.7. The number of urea groups is 1. The zero-order chi connectivity index (χ0) is 20.4. The van der Waals surface area contributed by atoms with Crippen LogP contribution in [-0.4, -0.2) is 57.3 Å². The van der Waals surface area contributed by atoms with Crippen molar-refractivity contribution in [1.29, 1.82) is 0 Å². The lowest BCUT2D eigenvalue weighted by atomic mass is 9.95. The first-order chi connectivity index (χ1) is 13.3. The minimum absolute atomic E-state index is 0.0547. The van der Waals surface area contributed by atoms with Crippen LogP contribution in [0.3, 0.4) is 0 Å². The maximum atomic E-state index is 12.7. The first-order valence-corrected chi connectivity index (χ1v) is 9.49. The number of carboxylic acid groups (broad SMARTS) is 1. The predicted molar refractivity (Wildman–Crippen MR) is 100 cm³/mol. The van der Waals surface area contributed by atoms with Gasteiger partial charge in [0.05, 0.1) is 0 Å². The Balaban J connectivity index is 1.60. The third-order valence-corrected chi connectivity index (χ3v) is 5.18. The lowest BCUT2D eigenvalue weighted by Crippen LogP contribution is -2.43. The minimum Gasteiger partial charge on any atom is -0.480 e. The summed E-state index contributed by atoms with van der Waals surface area (Å²) in [7, 11) is 0. The molecule has 0 radical (unpaired) electrons. The molecule has 2 aliphatic rings. The highest BCUT2D eigenvalue weighted by Gasteiger charge is 2.46. The number of carbonyl (C=O) groups is 4. The number of carboxylic acids is 1. The van der Waals surface area contributed by atoms with Gasteiger partial charge >= 0.3 is 12.0 Å². The number of nitrogens with one attached hydrogen (secondary N) is 1. The number of benzene rings is 1. The Kier molecular flexibility index (Phi) is 5.67. The molecule has 0 unspecified atom stereocenters. The second kappa shape index (κ2) is 8.00. The second-order valence-corrected chi connectivity index (χ2v) is 7.73. The van der Waals surface area contributed by atoms with E-state index >= 15 is 0 Å². The summed E-state index contributed by atoms with van der Waals surface area (Å²) in [4.78, 5) is 51.4. The van der Waals surface area contributed by atoms with Crippen LogP contribution in [0.25, 0.3) is 0 Å². The van der Waals surface area contributed by atoms with Gasteiger partial charge in [-0.3, -0.25) is 14.5 Å². The number of amides is 4.